The lowest BCUT2D eigenvalue weighted by atomic mass is 10.0. The molecule has 0 unspecified atom stereocenters. The van der Waals surface area contributed by atoms with Crippen LogP contribution in [-0.2, 0) is 16.6 Å². The van der Waals surface area contributed by atoms with E-state index in [-0.39, 0.29) is 36.1 Å². The Morgan fingerprint density at radius 1 is 1.06 bits per heavy atom. The average molecular weight is 510 g/mol. The van der Waals surface area contributed by atoms with Crippen molar-refractivity contribution in [2.75, 3.05) is 17.7 Å². The second kappa shape index (κ2) is 12.3. The topological polar surface area (TPSA) is 115 Å². The molecule has 1 heterocycles. The van der Waals surface area contributed by atoms with E-state index in [1.165, 1.54) is 11.8 Å². The molecule has 10 heteroatoms. The number of thioether (sulfide) groups is 1. The third-order valence-electron chi connectivity index (χ3n) is 5.40. The van der Waals surface area contributed by atoms with Crippen molar-refractivity contribution in [1.82, 2.24) is 20.1 Å². The van der Waals surface area contributed by atoms with Crippen molar-refractivity contribution in [3.05, 3.63) is 71.0 Å². The number of nitrogens with one attached hydrogen (secondary N) is 2. The molecule has 2 aromatic carbocycles. The van der Waals surface area contributed by atoms with Crippen molar-refractivity contribution >= 4 is 35.2 Å². The first-order chi connectivity index (χ1) is 17.2. The maximum atomic E-state index is 12.8. The predicted molar refractivity (Wildman–Crippen MR) is 139 cm³/mol. The molecule has 2 N–H and O–H groups in total. The Labute approximate surface area is 215 Å². The standard InChI is InChI=1S/C26H31N5O4S/c1-6-35-25(34)19-8-7-9-20(14-19)27-21(32)15-36-26-30-29-23(31(26)5)22(16(2)3)28-24(33)18-12-10-17(4)11-13-18/h7-14,16,22H,6,15H2,1-5H3,(H,27,32)(H,28,33)/t22-/m0/s1. The molecule has 0 aliphatic heterocycles. The number of nitrogens with zero attached hydrogens (tertiary/aromatic N) is 3. The van der Waals surface area contributed by atoms with Gasteiger partial charge in [-0.2, -0.15) is 0 Å². The molecule has 0 saturated carbocycles. The SMILES string of the molecule is CCOC(=O)c1cccc(NC(=O)CSc2nnc([C@@H](NC(=O)c3ccc(C)cc3)C(C)C)n2C)c1. The Kier molecular flexibility index (Phi) is 9.24. The summed E-state index contributed by atoms with van der Waals surface area (Å²) in [5, 5.41) is 14.9. The minimum absolute atomic E-state index is 0.0649. The van der Waals surface area contributed by atoms with Crippen LogP contribution < -0.4 is 10.6 Å². The van der Waals surface area contributed by atoms with Gasteiger partial charge in [0.1, 0.15) is 0 Å². The van der Waals surface area contributed by atoms with Crippen LogP contribution in [0.25, 0.3) is 0 Å². The molecule has 0 aliphatic rings. The van der Waals surface area contributed by atoms with Crippen LogP contribution in [0.15, 0.2) is 53.7 Å². The molecular weight excluding hydrogens is 478 g/mol. The number of aromatic nitrogens is 3. The number of benzene rings is 2. The highest BCUT2D eigenvalue weighted by atomic mass is 32.2. The molecule has 2 amide bonds. The summed E-state index contributed by atoms with van der Waals surface area (Å²) in [5.74, 6) is -0.110. The van der Waals surface area contributed by atoms with E-state index < -0.39 is 5.97 Å². The van der Waals surface area contributed by atoms with Crippen molar-refractivity contribution < 1.29 is 19.1 Å². The van der Waals surface area contributed by atoms with Gasteiger partial charge in [-0.1, -0.05) is 49.4 Å². The lowest BCUT2D eigenvalue weighted by molar-refractivity contribution is -0.113. The number of hydrogen-bond donors (Lipinski definition) is 2. The fourth-order valence-electron chi connectivity index (χ4n) is 3.45. The Hall–Kier alpha value is -3.66. The molecular formula is C26H31N5O4S. The summed E-state index contributed by atoms with van der Waals surface area (Å²) in [4.78, 5) is 37.2. The summed E-state index contributed by atoms with van der Waals surface area (Å²) >= 11 is 1.23. The second-order valence-corrected chi connectivity index (χ2v) is 9.54. The first kappa shape index (κ1) is 26.9. The van der Waals surface area contributed by atoms with Gasteiger partial charge in [-0.05, 0) is 50.1 Å². The molecule has 36 heavy (non-hydrogen) atoms. The number of ether oxygens (including phenoxy) is 1. The summed E-state index contributed by atoms with van der Waals surface area (Å²) in [5.41, 5.74) is 2.53. The van der Waals surface area contributed by atoms with Crippen molar-refractivity contribution in [1.29, 1.82) is 0 Å². The zero-order valence-corrected chi connectivity index (χ0v) is 21.9. The number of carbonyl (C=O) groups is 3. The zero-order chi connectivity index (χ0) is 26.2. The average Bonchev–Trinajstić information content (AvgIpc) is 3.21. The van der Waals surface area contributed by atoms with Crippen molar-refractivity contribution in [3.8, 4) is 0 Å². The van der Waals surface area contributed by atoms with Crippen LogP contribution in [0.1, 0.15) is 58.9 Å². The van der Waals surface area contributed by atoms with Gasteiger partial charge in [0, 0.05) is 18.3 Å². The van der Waals surface area contributed by atoms with Gasteiger partial charge >= 0.3 is 5.97 Å². The Morgan fingerprint density at radius 2 is 1.78 bits per heavy atom. The van der Waals surface area contributed by atoms with E-state index in [2.05, 4.69) is 20.8 Å². The van der Waals surface area contributed by atoms with Crippen molar-refractivity contribution in [3.63, 3.8) is 0 Å². The van der Waals surface area contributed by atoms with Crippen LogP contribution >= 0.6 is 11.8 Å². The van der Waals surface area contributed by atoms with Crippen LogP contribution in [-0.4, -0.2) is 44.9 Å². The Bertz CT molecular complexity index is 1220. The van der Waals surface area contributed by atoms with Crippen LogP contribution in [0.2, 0.25) is 0 Å². The van der Waals surface area contributed by atoms with Gasteiger partial charge in [0.15, 0.2) is 11.0 Å². The van der Waals surface area contributed by atoms with Crippen LogP contribution in [0.5, 0.6) is 0 Å². The van der Waals surface area contributed by atoms with E-state index >= 15 is 0 Å². The molecule has 1 aromatic heterocycles. The molecule has 1 atom stereocenters. The molecule has 0 saturated heterocycles. The molecule has 0 radical (unpaired) electrons. The molecule has 3 aromatic rings. The van der Waals surface area contributed by atoms with Gasteiger partial charge in [0.2, 0.25) is 5.91 Å². The summed E-state index contributed by atoms with van der Waals surface area (Å²) < 4.78 is 6.79. The largest absolute Gasteiger partial charge is 0.462 e. The summed E-state index contributed by atoms with van der Waals surface area (Å²) in [6.45, 7) is 7.98. The quantitative estimate of drug-likeness (QED) is 0.311. The molecule has 9 nitrogen and oxygen atoms in total. The van der Waals surface area contributed by atoms with Gasteiger partial charge in [0.25, 0.3) is 5.91 Å². The van der Waals surface area contributed by atoms with E-state index in [1.807, 2.05) is 40.0 Å². The maximum Gasteiger partial charge on any atom is 0.338 e. The monoisotopic (exact) mass is 509 g/mol. The van der Waals surface area contributed by atoms with E-state index in [0.29, 0.717) is 27.8 Å². The fourth-order valence-corrected chi connectivity index (χ4v) is 4.17. The number of hydrogen-bond acceptors (Lipinski definition) is 7. The highest BCUT2D eigenvalue weighted by Gasteiger charge is 2.25. The smallest absolute Gasteiger partial charge is 0.338 e. The van der Waals surface area contributed by atoms with E-state index in [0.717, 1.165) is 5.56 Å². The van der Waals surface area contributed by atoms with Gasteiger partial charge in [-0.15, -0.1) is 10.2 Å². The van der Waals surface area contributed by atoms with E-state index in [9.17, 15) is 14.4 Å². The number of anilines is 1. The second-order valence-electron chi connectivity index (χ2n) is 8.60. The van der Waals surface area contributed by atoms with Crippen molar-refractivity contribution in [2.45, 2.75) is 38.9 Å². The third-order valence-corrected chi connectivity index (χ3v) is 6.42. The molecule has 190 valence electrons. The molecule has 0 bridgehead atoms. The minimum Gasteiger partial charge on any atom is -0.462 e. The normalized spacial score (nSPS) is 11.7. The van der Waals surface area contributed by atoms with Gasteiger partial charge in [0.05, 0.1) is 24.0 Å². The molecule has 0 fully saturated rings. The number of aryl methyl sites for hydroxylation is 1. The predicted octanol–water partition coefficient (Wildman–Crippen LogP) is 4.16. The molecule has 0 aliphatic carbocycles. The van der Waals surface area contributed by atoms with Gasteiger partial charge in [-0.25, -0.2) is 4.79 Å². The van der Waals surface area contributed by atoms with Crippen LogP contribution in [0.4, 0.5) is 5.69 Å². The third kappa shape index (κ3) is 6.94. The van der Waals surface area contributed by atoms with Crippen molar-refractivity contribution in [2.24, 2.45) is 13.0 Å². The van der Waals surface area contributed by atoms with Crippen LogP contribution in [0, 0.1) is 12.8 Å². The summed E-state index contributed by atoms with van der Waals surface area (Å²) in [6.07, 6.45) is 0. The summed E-state index contributed by atoms with van der Waals surface area (Å²) in [6, 6.07) is 13.6. The van der Waals surface area contributed by atoms with Crippen LogP contribution in [0.3, 0.4) is 0 Å². The molecule has 3 rings (SSSR count). The molecule has 0 spiro atoms. The highest BCUT2D eigenvalue weighted by molar-refractivity contribution is 7.99. The van der Waals surface area contributed by atoms with Gasteiger partial charge < -0.3 is 19.9 Å². The fraction of sp³-hybridized carbons (Fsp3) is 0.346. The number of rotatable bonds is 10. The highest BCUT2D eigenvalue weighted by Crippen LogP contribution is 2.25. The number of esters is 1. The first-order valence-corrected chi connectivity index (χ1v) is 12.6. The first-order valence-electron chi connectivity index (χ1n) is 11.7. The Morgan fingerprint density at radius 3 is 2.44 bits per heavy atom. The lowest BCUT2D eigenvalue weighted by Crippen LogP contribution is -2.33. The van der Waals surface area contributed by atoms with E-state index in [4.69, 9.17) is 4.74 Å². The Balaban J connectivity index is 1.63. The zero-order valence-electron chi connectivity index (χ0n) is 21.1. The maximum absolute atomic E-state index is 12.8. The summed E-state index contributed by atoms with van der Waals surface area (Å²) in [7, 11) is 1.81. The van der Waals surface area contributed by atoms with E-state index in [1.54, 1.807) is 47.9 Å². The number of carbonyl (C=O) groups excluding carboxylic acids is 3. The van der Waals surface area contributed by atoms with Gasteiger partial charge in [-0.3, -0.25) is 9.59 Å². The number of amides is 2. The lowest BCUT2D eigenvalue weighted by Gasteiger charge is -2.21. The minimum atomic E-state index is -0.441.